The second-order valence-electron chi connectivity index (χ2n) is 6.90. The van der Waals surface area contributed by atoms with Crippen molar-refractivity contribution in [3.8, 4) is 0 Å². The third kappa shape index (κ3) is 3.25. The van der Waals surface area contributed by atoms with E-state index in [0.29, 0.717) is 23.7 Å². The molecule has 4 rings (SSSR count). The number of hydrogen-bond acceptors (Lipinski definition) is 4. The Morgan fingerprint density at radius 1 is 1.31 bits per heavy atom. The van der Waals surface area contributed by atoms with E-state index in [1.807, 2.05) is 18.2 Å². The van der Waals surface area contributed by atoms with Gasteiger partial charge in [-0.25, -0.2) is 8.42 Å². The number of carbonyl (C=O) groups excluding carboxylic acids is 1. The zero-order valence-electron chi connectivity index (χ0n) is 14.2. The van der Waals surface area contributed by atoms with Gasteiger partial charge in [-0.1, -0.05) is 29.8 Å². The highest BCUT2D eigenvalue weighted by Gasteiger charge is 2.35. The molecule has 8 heteroatoms. The first-order chi connectivity index (χ1) is 12.4. The average Bonchev–Trinajstić information content (AvgIpc) is 3.27. The molecule has 1 aromatic heterocycles. The summed E-state index contributed by atoms with van der Waals surface area (Å²) in [5.74, 6) is -0.00816. The van der Waals surface area contributed by atoms with Crippen LogP contribution in [0, 0.1) is 0 Å². The van der Waals surface area contributed by atoms with Gasteiger partial charge in [-0.2, -0.15) is 5.10 Å². The molecule has 6 nitrogen and oxygen atoms in total. The topological polar surface area (TPSA) is 81.1 Å². The van der Waals surface area contributed by atoms with Gasteiger partial charge < -0.3 is 5.32 Å². The molecule has 1 fully saturated rings. The molecule has 0 bridgehead atoms. The minimum atomic E-state index is -3.05. The number of fused-ring (bicyclic) bond motifs is 1. The zero-order valence-corrected chi connectivity index (χ0v) is 15.8. The first kappa shape index (κ1) is 17.5. The highest BCUT2D eigenvalue weighted by molar-refractivity contribution is 7.91. The summed E-state index contributed by atoms with van der Waals surface area (Å²) in [6.45, 7) is 0.321. The lowest BCUT2D eigenvalue weighted by Gasteiger charge is -2.15. The SMILES string of the molecule is O=C(NCc1ccccc1Cl)c1c2c(nn1[C@@H]1CCS(=O)(=O)C1)CCC2. The van der Waals surface area contributed by atoms with Crippen LogP contribution in [0.2, 0.25) is 5.02 Å². The number of amides is 1. The molecule has 1 aliphatic heterocycles. The van der Waals surface area contributed by atoms with E-state index in [0.717, 1.165) is 36.1 Å². The van der Waals surface area contributed by atoms with Gasteiger partial charge >= 0.3 is 0 Å². The van der Waals surface area contributed by atoms with Crippen LogP contribution >= 0.6 is 11.6 Å². The summed E-state index contributed by atoms with van der Waals surface area (Å²) >= 11 is 6.16. The van der Waals surface area contributed by atoms with Gasteiger partial charge in [0.1, 0.15) is 5.69 Å². The van der Waals surface area contributed by atoms with Gasteiger partial charge in [0.05, 0.1) is 23.2 Å². The van der Waals surface area contributed by atoms with Gasteiger partial charge in [0.15, 0.2) is 9.84 Å². The van der Waals surface area contributed by atoms with Crippen molar-refractivity contribution >= 4 is 27.3 Å². The normalized spacial score (nSPS) is 20.9. The van der Waals surface area contributed by atoms with Crippen LogP contribution in [0.5, 0.6) is 0 Å². The highest BCUT2D eigenvalue weighted by Crippen LogP contribution is 2.31. The molecule has 2 aromatic rings. The minimum absolute atomic E-state index is 0.0539. The molecule has 2 heterocycles. The summed E-state index contributed by atoms with van der Waals surface area (Å²) in [7, 11) is -3.05. The molecule has 1 amide bonds. The van der Waals surface area contributed by atoms with Crippen molar-refractivity contribution in [3.05, 3.63) is 51.8 Å². The fraction of sp³-hybridized carbons (Fsp3) is 0.444. The van der Waals surface area contributed by atoms with Crippen LogP contribution in [-0.4, -0.2) is 35.6 Å². The van der Waals surface area contributed by atoms with Crippen molar-refractivity contribution in [2.24, 2.45) is 0 Å². The van der Waals surface area contributed by atoms with Crippen LogP contribution in [0.15, 0.2) is 24.3 Å². The van der Waals surface area contributed by atoms with Crippen molar-refractivity contribution in [1.82, 2.24) is 15.1 Å². The Kier molecular flexibility index (Phi) is 4.52. The number of benzene rings is 1. The van der Waals surface area contributed by atoms with Crippen molar-refractivity contribution in [2.75, 3.05) is 11.5 Å². The molecule has 0 radical (unpaired) electrons. The van der Waals surface area contributed by atoms with Crippen LogP contribution < -0.4 is 5.32 Å². The van der Waals surface area contributed by atoms with E-state index in [-0.39, 0.29) is 23.5 Å². The Morgan fingerprint density at radius 3 is 2.85 bits per heavy atom. The predicted molar refractivity (Wildman–Crippen MR) is 99.2 cm³/mol. The fourth-order valence-corrected chi connectivity index (χ4v) is 5.68. The van der Waals surface area contributed by atoms with Crippen molar-refractivity contribution < 1.29 is 13.2 Å². The summed E-state index contributed by atoms with van der Waals surface area (Å²) in [4.78, 5) is 12.9. The Hall–Kier alpha value is -1.86. The lowest BCUT2D eigenvalue weighted by molar-refractivity contribution is 0.0937. The Morgan fingerprint density at radius 2 is 2.12 bits per heavy atom. The van der Waals surface area contributed by atoms with Gasteiger partial charge in [-0.05, 0) is 37.3 Å². The molecule has 0 unspecified atom stereocenters. The average molecular weight is 394 g/mol. The lowest BCUT2D eigenvalue weighted by Crippen LogP contribution is -2.28. The quantitative estimate of drug-likeness (QED) is 0.864. The molecule has 1 saturated heterocycles. The van der Waals surface area contributed by atoms with E-state index in [1.54, 1.807) is 10.7 Å². The molecular formula is C18H20ClN3O3S. The number of aryl methyl sites for hydroxylation is 1. The summed E-state index contributed by atoms with van der Waals surface area (Å²) in [5.41, 5.74) is 3.25. The molecule has 138 valence electrons. The van der Waals surface area contributed by atoms with Crippen LogP contribution in [0.3, 0.4) is 0 Å². The molecule has 1 aliphatic carbocycles. The number of rotatable bonds is 4. The first-order valence-electron chi connectivity index (χ1n) is 8.77. The van der Waals surface area contributed by atoms with Crippen LogP contribution in [0.25, 0.3) is 0 Å². The number of nitrogens with zero attached hydrogens (tertiary/aromatic N) is 2. The molecule has 1 atom stereocenters. The number of aromatic nitrogens is 2. The van der Waals surface area contributed by atoms with E-state index >= 15 is 0 Å². The van der Waals surface area contributed by atoms with Gasteiger partial charge in [0, 0.05) is 17.1 Å². The smallest absolute Gasteiger partial charge is 0.270 e. The maximum atomic E-state index is 12.9. The summed E-state index contributed by atoms with van der Waals surface area (Å²) in [6.07, 6.45) is 3.14. The summed E-state index contributed by atoms with van der Waals surface area (Å²) < 4.78 is 25.4. The predicted octanol–water partition coefficient (Wildman–Crippen LogP) is 2.31. The number of sulfone groups is 1. The Labute approximate surface area is 157 Å². The number of carbonyl (C=O) groups is 1. The highest BCUT2D eigenvalue weighted by atomic mass is 35.5. The largest absolute Gasteiger partial charge is 0.347 e. The van der Waals surface area contributed by atoms with E-state index in [1.165, 1.54) is 0 Å². The van der Waals surface area contributed by atoms with Crippen molar-refractivity contribution in [1.29, 1.82) is 0 Å². The first-order valence-corrected chi connectivity index (χ1v) is 11.0. The van der Waals surface area contributed by atoms with E-state index in [9.17, 15) is 13.2 Å². The molecule has 0 saturated carbocycles. The molecule has 1 aromatic carbocycles. The maximum absolute atomic E-state index is 12.9. The molecule has 0 spiro atoms. The third-order valence-electron chi connectivity index (χ3n) is 5.10. The lowest BCUT2D eigenvalue weighted by atomic mass is 10.1. The second kappa shape index (κ2) is 6.70. The maximum Gasteiger partial charge on any atom is 0.270 e. The molecule has 1 N–H and O–H groups in total. The van der Waals surface area contributed by atoms with Crippen molar-refractivity contribution in [2.45, 2.75) is 38.3 Å². The van der Waals surface area contributed by atoms with Gasteiger partial charge in [-0.3, -0.25) is 9.48 Å². The van der Waals surface area contributed by atoms with Crippen molar-refractivity contribution in [3.63, 3.8) is 0 Å². The van der Waals surface area contributed by atoms with Gasteiger partial charge in [0.2, 0.25) is 0 Å². The van der Waals surface area contributed by atoms with Gasteiger partial charge in [-0.15, -0.1) is 0 Å². The molecule has 2 aliphatic rings. The van der Waals surface area contributed by atoms with E-state index in [2.05, 4.69) is 10.4 Å². The minimum Gasteiger partial charge on any atom is -0.347 e. The van der Waals surface area contributed by atoms with E-state index < -0.39 is 9.84 Å². The standard InChI is InChI=1S/C18H20ClN3O3S/c19-15-6-2-1-4-12(15)10-20-18(23)17-14-5-3-7-16(14)21-22(17)13-8-9-26(24,25)11-13/h1-2,4,6,13H,3,5,7-11H2,(H,20,23)/t13-/m1/s1. The monoisotopic (exact) mass is 393 g/mol. The zero-order chi connectivity index (χ0) is 18.3. The molecular weight excluding hydrogens is 374 g/mol. The number of halogens is 1. The summed E-state index contributed by atoms with van der Waals surface area (Å²) in [6, 6.07) is 7.11. The Balaban J connectivity index is 1.61. The summed E-state index contributed by atoms with van der Waals surface area (Å²) in [5, 5.41) is 8.13. The Bertz CT molecular complexity index is 968. The number of nitrogens with one attached hydrogen (secondary N) is 1. The molecule has 26 heavy (non-hydrogen) atoms. The van der Waals surface area contributed by atoms with Crippen LogP contribution in [-0.2, 0) is 29.2 Å². The van der Waals surface area contributed by atoms with Crippen LogP contribution in [0.1, 0.15) is 46.2 Å². The third-order valence-corrected chi connectivity index (χ3v) is 7.22. The van der Waals surface area contributed by atoms with Crippen LogP contribution in [0.4, 0.5) is 0 Å². The fourth-order valence-electron chi connectivity index (χ4n) is 3.79. The number of hydrogen-bond donors (Lipinski definition) is 1. The van der Waals surface area contributed by atoms with E-state index in [4.69, 9.17) is 11.6 Å². The second-order valence-corrected chi connectivity index (χ2v) is 9.54. The van der Waals surface area contributed by atoms with Gasteiger partial charge in [0.25, 0.3) is 5.91 Å².